The Kier molecular flexibility index (Phi) is 4.22. The molecule has 0 atom stereocenters. The highest BCUT2D eigenvalue weighted by Gasteiger charge is 2.16. The number of halogens is 1. The van der Waals surface area contributed by atoms with Gasteiger partial charge in [-0.15, -0.1) is 0 Å². The number of fused-ring (bicyclic) bond motifs is 1. The van der Waals surface area contributed by atoms with Crippen LogP contribution in [0.4, 0.5) is 4.39 Å². The van der Waals surface area contributed by atoms with Gasteiger partial charge in [0.1, 0.15) is 11.5 Å². The lowest BCUT2D eigenvalue weighted by Gasteiger charge is -2.10. The summed E-state index contributed by atoms with van der Waals surface area (Å²) in [5, 5.41) is 0. The largest absolute Gasteiger partial charge is 0.305 e. The Hall–Kier alpha value is -3.05. The molecule has 4 aromatic rings. The van der Waals surface area contributed by atoms with Gasteiger partial charge in [-0.25, -0.2) is 9.37 Å². The van der Waals surface area contributed by atoms with Crippen molar-refractivity contribution in [3.05, 3.63) is 78.5 Å². The first kappa shape index (κ1) is 16.4. The topological polar surface area (TPSA) is 33.4 Å². The Balaban J connectivity index is 1.95. The lowest BCUT2D eigenvalue weighted by atomic mass is 10.1. The molecule has 3 aromatic heterocycles. The third kappa shape index (κ3) is 3.09. The van der Waals surface area contributed by atoms with E-state index >= 15 is 0 Å². The summed E-state index contributed by atoms with van der Waals surface area (Å²) < 4.78 is 15.4. The molecule has 0 fully saturated rings. The van der Waals surface area contributed by atoms with Gasteiger partial charge in [0.15, 0.2) is 0 Å². The SMILES string of the molecule is CN(C)Cc1ccn2c(-c3ccncc3)c(-c3ccc(F)cc3)nc2c1. The molecule has 0 aliphatic rings. The van der Waals surface area contributed by atoms with E-state index in [1.807, 2.05) is 32.4 Å². The van der Waals surface area contributed by atoms with Crippen LogP contribution in [-0.4, -0.2) is 33.4 Å². The average molecular weight is 346 g/mol. The van der Waals surface area contributed by atoms with Gasteiger partial charge >= 0.3 is 0 Å². The number of rotatable bonds is 4. The van der Waals surface area contributed by atoms with Crippen molar-refractivity contribution in [2.75, 3.05) is 14.1 Å². The van der Waals surface area contributed by atoms with Crippen LogP contribution in [-0.2, 0) is 6.54 Å². The first-order chi connectivity index (χ1) is 12.6. The highest BCUT2D eigenvalue weighted by Crippen LogP contribution is 2.32. The Morgan fingerprint density at radius 1 is 0.962 bits per heavy atom. The monoisotopic (exact) mass is 346 g/mol. The maximum absolute atomic E-state index is 13.4. The van der Waals surface area contributed by atoms with Crippen molar-refractivity contribution in [1.82, 2.24) is 19.3 Å². The summed E-state index contributed by atoms with van der Waals surface area (Å²) in [7, 11) is 4.09. The van der Waals surface area contributed by atoms with Gasteiger partial charge in [0.2, 0.25) is 0 Å². The van der Waals surface area contributed by atoms with E-state index in [0.717, 1.165) is 34.7 Å². The predicted molar refractivity (Wildman–Crippen MR) is 101 cm³/mol. The fourth-order valence-electron chi connectivity index (χ4n) is 3.15. The van der Waals surface area contributed by atoms with Crippen molar-refractivity contribution in [3.8, 4) is 22.5 Å². The number of hydrogen-bond donors (Lipinski definition) is 0. The second-order valence-electron chi connectivity index (χ2n) is 6.55. The van der Waals surface area contributed by atoms with Crippen molar-refractivity contribution in [3.63, 3.8) is 0 Å². The molecule has 0 aliphatic heterocycles. The zero-order valence-electron chi connectivity index (χ0n) is 14.7. The Labute approximate surface area is 151 Å². The highest BCUT2D eigenvalue weighted by atomic mass is 19.1. The number of pyridine rings is 2. The van der Waals surface area contributed by atoms with E-state index < -0.39 is 0 Å². The van der Waals surface area contributed by atoms with Crippen LogP contribution in [0.15, 0.2) is 67.1 Å². The minimum atomic E-state index is -0.253. The predicted octanol–water partition coefficient (Wildman–Crippen LogP) is 4.26. The summed E-state index contributed by atoms with van der Waals surface area (Å²) in [5.74, 6) is -0.253. The molecule has 3 heterocycles. The molecule has 4 nitrogen and oxygen atoms in total. The summed E-state index contributed by atoms with van der Waals surface area (Å²) >= 11 is 0. The van der Waals surface area contributed by atoms with E-state index in [1.165, 1.54) is 17.7 Å². The fraction of sp³-hybridized carbons (Fsp3) is 0.143. The van der Waals surface area contributed by atoms with Gasteiger partial charge in [0.05, 0.1) is 11.4 Å². The fourth-order valence-corrected chi connectivity index (χ4v) is 3.15. The standard InChI is InChI=1S/C21H19FN4/c1-25(2)14-15-9-12-26-19(13-15)24-20(16-3-5-18(22)6-4-16)21(26)17-7-10-23-11-8-17/h3-13H,14H2,1-2H3. The van der Waals surface area contributed by atoms with Gasteiger partial charge in [0.25, 0.3) is 0 Å². The van der Waals surface area contributed by atoms with E-state index in [9.17, 15) is 4.39 Å². The molecule has 4 rings (SSSR count). The van der Waals surface area contributed by atoms with E-state index in [1.54, 1.807) is 24.5 Å². The third-order valence-corrected chi connectivity index (χ3v) is 4.26. The average Bonchev–Trinajstić information content (AvgIpc) is 3.01. The van der Waals surface area contributed by atoms with E-state index in [4.69, 9.17) is 4.98 Å². The number of nitrogens with zero attached hydrogens (tertiary/aromatic N) is 4. The summed E-state index contributed by atoms with van der Waals surface area (Å²) in [6.07, 6.45) is 5.58. The number of imidazole rings is 1. The van der Waals surface area contributed by atoms with E-state index in [2.05, 4.69) is 26.4 Å². The smallest absolute Gasteiger partial charge is 0.138 e. The molecule has 0 saturated heterocycles. The highest BCUT2D eigenvalue weighted by molar-refractivity contribution is 5.81. The molecule has 5 heteroatoms. The van der Waals surface area contributed by atoms with Gasteiger partial charge in [-0.05, 0) is 68.2 Å². The quantitative estimate of drug-likeness (QED) is 0.553. The lowest BCUT2D eigenvalue weighted by Crippen LogP contribution is -2.10. The second-order valence-corrected chi connectivity index (χ2v) is 6.55. The molecule has 0 saturated carbocycles. The minimum Gasteiger partial charge on any atom is -0.305 e. The van der Waals surface area contributed by atoms with Crippen molar-refractivity contribution in [1.29, 1.82) is 0 Å². The third-order valence-electron chi connectivity index (χ3n) is 4.26. The van der Waals surface area contributed by atoms with Crippen molar-refractivity contribution in [2.45, 2.75) is 6.54 Å². The molecule has 0 N–H and O–H groups in total. The minimum absolute atomic E-state index is 0.253. The first-order valence-electron chi connectivity index (χ1n) is 8.44. The van der Waals surface area contributed by atoms with Crippen LogP contribution < -0.4 is 0 Å². The van der Waals surface area contributed by atoms with Crippen LogP contribution in [0, 0.1) is 5.82 Å². The molecule has 1 aromatic carbocycles. The Morgan fingerprint density at radius 3 is 2.38 bits per heavy atom. The maximum atomic E-state index is 13.4. The lowest BCUT2D eigenvalue weighted by molar-refractivity contribution is 0.402. The van der Waals surface area contributed by atoms with Crippen molar-refractivity contribution in [2.24, 2.45) is 0 Å². The molecule has 0 spiro atoms. The van der Waals surface area contributed by atoms with Crippen molar-refractivity contribution < 1.29 is 4.39 Å². The Morgan fingerprint density at radius 2 is 1.69 bits per heavy atom. The molecule has 0 amide bonds. The first-order valence-corrected chi connectivity index (χ1v) is 8.44. The van der Waals surface area contributed by atoms with Gasteiger partial charge < -0.3 is 4.90 Å². The number of aromatic nitrogens is 3. The molecule has 0 radical (unpaired) electrons. The molecule has 0 aliphatic carbocycles. The normalized spacial score (nSPS) is 11.4. The summed E-state index contributed by atoms with van der Waals surface area (Å²) in [6.45, 7) is 0.847. The van der Waals surface area contributed by atoms with Crippen LogP contribution in [0.5, 0.6) is 0 Å². The van der Waals surface area contributed by atoms with E-state index in [-0.39, 0.29) is 5.82 Å². The van der Waals surface area contributed by atoms with Crippen LogP contribution in [0.25, 0.3) is 28.2 Å². The van der Waals surface area contributed by atoms with Crippen LogP contribution in [0.2, 0.25) is 0 Å². The molecular weight excluding hydrogens is 327 g/mol. The zero-order chi connectivity index (χ0) is 18.1. The van der Waals surface area contributed by atoms with Crippen LogP contribution in [0.3, 0.4) is 0 Å². The molecule has 26 heavy (non-hydrogen) atoms. The van der Waals surface area contributed by atoms with Gasteiger partial charge in [-0.2, -0.15) is 0 Å². The summed E-state index contributed by atoms with van der Waals surface area (Å²) in [5.41, 5.74) is 5.78. The molecule has 0 bridgehead atoms. The molecule has 130 valence electrons. The number of benzene rings is 1. The molecule has 0 unspecified atom stereocenters. The summed E-state index contributed by atoms with van der Waals surface area (Å²) in [6, 6.07) is 14.6. The second kappa shape index (κ2) is 6.69. The van der Waals surface area contributed by atoms with Crippen molar-refractivity contribution >= 4 is 5.65 Å². The van der Waals surface area contributed by atoms with Crippen LogP contribution >= 0.6 is 0 Å². The van der Waals surface area contributed by atoms with Gasteiger partial charge in [-0.3, -0.25) is 9.38 Å². The van der Waals surface area contributed by atoms with Gasteiger partial charge in [0, 0.05) is 36.3 Å². The molecular formula is C21H19FN4. The van der Waals surface area contributed by atoms with Crippen LogP contribution in [0.1, 0.15) is 5.56 Å². The number of hydrogen-bond acceptors (Lipinski definition) is 3. The summed E-state index contributed by atoms with van der Waals surface area (Å²) in [4.78, 5) is 11.1. The van der Waals surface area contributed by atoms with Gasteiger partial charge in [-0.1, -0.05) is 0 Å². The Bertz CT molecular complexity index is 1040. The van der Waals surface area contributed by atoms with E-state index in [0.29, 0.717) is 0 Å². The zero-order valence-corrected chi connectivity index (χ0v) is 14.7. The maximum Gasteiger partial charge on any atom is 0.138 e.